The fourth-order valence-corrected chi connectivity index (χ4v) is 4.13. The van der Waals surface area contributed by atoms with Crippen LogP contribution in [-0.2, 0) is 0 Å². The van der Waals surface area contributed by atoms with Gasteiger partial charge in [-0.05, 0) is 34.9 Å². The molecule has 33 heavy (non-hydrogen) atoms. The summed E-state index contributed by atoms with van der Waals surface area (Å²) in [4.78, 5) is 16.7. The van der Waals surface area contributed by atoms with Crippen LogP contribution in [0.1, 0.15) is 33.3 Å². The van der Waals surface area contributed by atoms with Crippen molar-refractivity contribution in [2.75, 3.05) is 0 Å². The number of hydrogen-bond donors (Lipinski definition) is 3. The van der Waals surface area contributed by atoms with Crippen molar-refractivity contribution in [3.05, 3.63) is 95.2 Å². The predicted molar refractivity (Wildman–Crippen MR) is 123 cm³/mol. The Hall–Kier alpha value is -4.43. The van der Waals surface area contributed by atoms with E-state index in [0.717, 1.165) is 16.7 Å². The highest BCUT2D eigenvalue weighted by Crippen LogP contribution is 2.34. The molecule has 3 N–H and O–H groups in total. The molecule has 0 aliphatic heterocycles. The molecule has 0 spiro atoms. The lowest BCUT2D eigenvalue weighted by molar-refractivity contribution is 0.0693. The Balaban J connectivity index is 1.57. The van der Waals surface area contributed by atoms with Crippen molar-refractivity contribution in [3.63, 3.8) is 0 Å². The van der Waals surface area contributed by atoms with E-state index in [1.807, 2.05) is 42.5 Å². The molecule has 1 atom stereocenters. The first-order chi connectivity index (χ1) is 16.0. The van der Waals surface area contributed by atoms with E-state index in [0.29, 0.717) is 33.5 Å². The van der Waals surface area contributed by atoms with Crippen molar-refractivity contribution >= 4 is 16.9 Å². The number of pyridine rings is 1. The molecule has 8 heteroatoms. The third-order valence-electron chi connectivity index (χ3n) is 5.66. The van der Waals surface area contributed by atoms with Crippen LogP contribution in [0.4, 0.5) is 0 Å². The Bertz CT molecular complexity index is 1460. The molecule has 0 amide bonds. The van der Waals surface area contributed by atoms with Crippen LogP contribution >= 0.6 is 0 Å². The van der Waals surface area contributed by atoms with Crippen molar-refractivity contribution in [2.45, 2.75) is 13.0 Å². The van der Waals surface area contributed by atoms with Crippen LogP contribution in [0.2, 0.25) is 0 Å². The SMILES string of the molecule is Cc1nc2ccccc2c(C(=O)O)c1C(O)c1ccc(-c2ccccc2-c2nn[nH]n2)cc1. The molecule has 0 saturated carbocycles. The normalized spacial score (nSPS) is 12.1. The molecule has 3 aromatic carbocycles. The van der Waals surface area contributed by atoms with Crippen LogP contribution in [0, 0.1) is 6.92 Å². The number of nitrogens with zero attached hydrogens (tertiary/aromatic N) is 4. The van der Waals surface area contributed by atoms with Gasteiger partial charge in [-0.25, -0.2) is 4.79 Å². The average Bonchev–Trinajstić information content (AvgIpc) is 3.38. The largest absolute Gasteiger partial charge is 0.478 e. The van der Waals surface area contributed by atoms with Gasteiger partial charge in [0.25, 0.3) is 0 Å². The summed E-state index contributed by atoms with van der Waals surface area (Å²) in [7, 11) is 0. The highest BCUT2D eigenvalue weighted by atomic mass is 16.4. The van der Waals surface area contributed by atoms with Crippen molar-refractivity contribution in [2.24, 2.45) is 0 Å². The molecular weight excluding hydrogens is 418 g/mol. The molecule has 1 unspecified atom stereocenters. The van der Waals surface area contributed by atoms with E-state index in [-0.39, 0.29) is 5.56 Å². The van der Waals surface area contributed by atoms with E-state index in [9.17, 15) is 15.0 Å². The summed E-state index contributed by atoms with van der Waals surface area (Å²) < 4.78 is 0. The first-order valence-electron chi connectivity index (χ1n) is 10.3. The number of hydrogen-bond acceptors (Lipinski definition) is 6. The minimum Gasteiger partial charge on any atom is -0.478 e. The van der Waals surface area contributed by atoms with Crippen molar-refractivity contribution in [1.29, 1.82) is 0 Å². The maximum absolute atomic E-state index is 12.2. The van der Waals surface area contributed by atoms with Crippen LogP contribution in [0.3, 0.4) is 0 Å². The summed E-state index contributed by atoms with van der Waals surface area (Å²) in [6.07, 6.45) is -1.14. The number of aromatic carboxylic acids is 1. The number of aromatic nitrogens is 5. The van der Waals surface area contributed by atoms with Crippen LogP contribution in [0.5, 0.6) is 0 Å². The van der Waals surface area contributed by atoms with E-state index < -0.39 is 12.1 Å². The summed E-state index contributed by atoms with van der Waals surface area (Å²) in [5.74, 6) is -0.616. The Labute approximate surface area is 188 Å². The molecule has 0 saturated heterocycles. The molecule has 8 nitrogen and oxygen atoms in total. The second-order valence-electron chi connectivity index (χ2n) is 7.61. The molecule has 5 aromatic rings. The molecular formula is C25H19N5O3. The first-order valence-corrected chi connectivity index (χ1v) is 10.3. The quantitative estimate of drug-likeness (QED) is 0.377. The molecule has 162 valence electrons. The number of para-hydroxylation sites is 1. The lowest BCUT2D eigenvalue weighted by Gasteiger charge is -2.18. The molecule has 2 heterocycles. The number of H-pyrrole nitrogens is 1. The minimum atomic E-state index is -1.14. The standard InChI is InChI=1S/C25H19N5O3/c1-14-21(22(25(32)33)19-8-4-5-9-20(19)26-14)23(31)16-12-10-15(11-13-16)17-6-2-3-7-18(17)24-27-29-30-28-24/h2-13,23,31H,1H3,(H,32,33)(H,27,28,29,30). The second-order valence-corrected chi connectivity index (χ2v) is 7.61. The lowest BCUT2D eigenvalue weighted by atomic mass is 9.91. The van der Waals surface area contributed by atoms with Gasteiger partial charge in [0.1, 0.15) is 6.10 Å². The smallest absolute Gasteiger partial charge is 0.336 e. The summed E-state index contributed by atoms with van der Waals surface area (Å²) in [6.45, 7) is 1.72. The first kappa shape index (κ1) is 20.5. The van der Waals surface area contributed by atoms with Crippen molar-refractivity contribution in [3.8, 4) is 22.5 Å². The molecule has 2 aromatic heterocycles. The van der Waals surface area contributed by atoms with Crippen molar-refractivity contribution in [1.82, 2.24) is 25.6 Å². The number of rotatable bonds is 5. The number of aromatic amines is 1. The highest BCUT2D eigenvalue weighted by Gasteiger charge is 2.25. The maximum Gasteiger partial charge on any atom is 0.336 e. The molecule has 0 aliphatic carbocycles. The number of aliphatic hydroxyl groups excluding tert-OH is 1. The maximum atomic E-state index is 12.2. The molecule has 0 aliphatic rings. The number of carboxylic acids is 1. The lowest BCUT2D eigenvalue weighted by Crippen LogP contribution is -2.12. The Morgan fingerprint density at radius 1 is 0.939 bits per heavy atom. The fourth-order valence-electron chi connectivity index (χ4n) is 4.13. The Kier molecular flexibility index (Phi) is 5.12. The Morgan fingerprint density at radius 3 is 2.33 bits per heavy atom. The third-order valence-corrected chi connectivity index (χ3v) is 5.66. The number of nitrogens with one attached hydrogen (secondary N) is 1. The topological polar surface area (TPSA) is 125 Å². The highest BCUT2D eigenvalue weighted by molar-refractivity contribution is 6.04. The van der Waals surface area contributed by atoms with Gasteiger partial charge in [-0.1, -0.05) is 66.7 Å². The van der Waals surface area contributed by atoms with Gasteiger partial charge in [0, 0.05) is 22.2 Å². The number of carboxylic acid groups (broad SMARTS) is 1. The number of fused-ring (bicyclic) bond motifs is 1. The summed E-state index contributed by atoms with van der Waals surface area (Å²) in [5.41, 5.74) is 4.62. The summed E-state index contributed by atoms with van der Waals surface area (Å²) in [6, 6.07) is 22.0. The van der Waals surface area contributed by atoms with E-state index in [1.54, 1.807) is 37.3 Å². The zero-order chi connectivity index (χ0) is 22.9. The minimum absolute atomic E-state index is 0.0668. The van der Waals surface area contributed by atoms with Gasteiger partial charge in [0.15, 0.2) is 0 Å². The van der Waals surface area contributed by atoms with Gasteiger partial charge >= 0.3 is 5.97 Å². The summed E-state index contributed by atoms with van der Waals surface area (Å²) in [5, 5.41) is 35.9. The van der Waals surface area contributed by atoms with Crippen LogP contribution < -0.4 is 0 Å². The van der Waals surface area contributed by atoms with Gasteiger partial charge in [0.2, 0.25) is 5.82 Å². The van der Waals surface area contributed by atoms with Gasteiger partial charge in [0.05, 0.1) is 11.1 Å². The number of benzene rings is 3. The number of carbonyl (C=O) groups is 1. The molecule has 0 radical (unpaired) electrons. The van der Waals surface area contributed by atoms with E-state index in [4.69, 9.17) is 0 Å². The number of aryl methyl sites for hydroxylation is 1. The van der Waals surface area contributed by atoms with Gasteiger partial charge in [-0.15, -0.1) is 10.2 Å². The predicted octanol–water partition coefficient (Wildman–Crippen LogP) is 4.17. The fraction of sp³-hybridized carbons (Fsp3) is 0.0800. The van der Waals surface area contributed by atoms with E-state index in [1.165, 1.54) is 0 Å². The number of tetrazole rings is 1. The van der Waals surface area contributed by atoms with Gasteiger partial charge in [-0.2, -0.15) is 5.21 Å². The summed E-state index contributed by atoms with van der Waals surface area (Å²) >= 11 is 0. The van der Waals surface area contributed by atoms with Crippen LogP contribution in [0.25, 0.3) is 33.4 Å². The van der Waals surface area contributed by atoms with Crippen molar-refractivity contribution < 1.29 is 15.0 Å². The van der Waals surface area contributed by atoms with Crippen LogP contribution in [-0.4, -0.2) is 41.8 Å². The molecule has 0 bridgehead atoms. The van der Waals surface area contributed by atoms with Gasteiger partial charge in [-0.3, -0.25) is 4.98 Å². The monoisotopic (exact) mass is 437 g/mol. The molecule has 0 fully saturated rings. The van der Waals surface area contributed by atoms with Crippen LogP contribution in [0.15, 0.2) is 72.8 Å². The van der Waals surface area contributed by atoms with E-state index in [2.05, 4.69) is 25.6 Å². The molecule has 5 rings (SSSR count). The third kappa shape index (κ3) is 3.62. The zero-order valence-corrected chi connectivity index (χ0v) is 17.6. The average molecular weight is 437 g/mol. The second kappa shape index (κ2) is 8.25. The van der Waals surface area contributed by atoms with Gasteiger partial charge < -0.3 is 10.2 Å². The number of aliphatic hydroxyl groups is 1. The zero-order valence-electron chi connectivity index (χ0n) is 17.6. The Morgan fingerprint density at radius 2 is 1.64 bits per heavy atom. The van der Waals surface area contributed by atoms with E-state index >= 15 is 0 Å².